The van der Waals surface area contributed by atoms with E-state index in [-0.39, 0.29) is 11.6 Å². The quantitative estimate of drug-likeness (QED) is 0.394. The lowest BCUT2D eigenvalue weighted by Gasteiger charge is -2.35. The highest BCUT2D eigenvalue weighted by atomic mass is 16.6. The first-order valence-corrected chi connectivity index (χ1v) is 11.6. The summed E-state index contributed by atoms with van der Waals surface area (Å²) in [5, 5.41) is 11.7. The number of ether oxygens (including phenoxy) is 1. The maximum atomic E-state index is 13.7. The number of benzene rings is 2. The molecule has 1 amide bonds. The highest BCUT2D eigenvalue weighted by Gasteiger charge is 2.28. The van der Waals surface area contributed by atoms with Crippen molar-refractivity contribution in [2.75, 3.05) is 60.5 Å². The van der Waals surface area contributed by atoms with Gasteiger partial charge in [0.15, 0.2) is 0 Å². The molecule has 0 aliphatic carbocycles. The molecule has 1 fully saturated rings. The minimum Gasteiger partial charge on any atom is -0.497 e. The Bertz CT molecular complexity index is 1180. The van der Waals surface area contributed by atoms with Crippen LogP contribution < -0.4 is 4.74 Å². The monoisotopic (exact) mass is 477 g/mol. The minimum absolute atomic E-state index is 0.0433. The van der Waals surface area contributed by atoms with Crippen LogP contribution in [0.2, 0.25) is 0 Å². The van der Waals surface area contributed by atoms with Gasteiger partial charge in [-0.1, -0.05) is 12.1 Å². The number of likely N-dealkylation sites (N-methyl/N-ethyl adjacent to an activating group) is 1. The van der Waals surface area contributed by atoms with Gasteiger partial charge in [-0.2, -0.15) is 0 Å². The number of aromatic amines is 1. The molecule has 9 heteroatoms. The number of amides is 1. The van der Waals surface area contributed by atoms with E-state index in [1.165, 1.54) is 6.07 Å². The van der Waals surface area contributed by atoms with Crippen LogP contribution in [-0.2, 0) is 0 Å². The second-order valence-electron chi connectivity index (χ2n) is 8.91. The summed E-state index contributed by atoms with van der Waals surface area (Å²) in [5.41, 5.74) is 2.82. The number of nitro benzene ring substituents is 1. The first-order valence-electron chi connectivity index (χ1n) is 11.6. The Hall–Kier alpha value is -3.69. The van der Waals surface area contributed by atoms with Crippen LogP contribution in [0.1, 0.15) is 10.4 Å². The van der Waals surface area contributed by atoms with Crippen LogP contribution in [0.5, 0.6) is 5.75 Å². The zero-order valence-electron chi connectivity index (χ0n) is 20.4. The van der Waals surface area contributed by atoms with Gasteiger partial charge in [0.1, 0.15) is 5.75 Å². The molecule has 0 unspecified atom stereocenters. The minimum atomic E-state index is -0.416. The molecule has 35 heavy (non-hydrogen) atoms. The van der Waals surface area contributed by atoms with E-state index in [2.05, 4.69) is 28.9 Å². The highest BCUT2D eigenvalue weighted by molar-refractivity contribution is 6.02. The molecule has 0 spiro atoms. The summed E-state index contributed by atoms with van der Waals surface area (Å²) >= 11 is 0. The first-order chi connectivity index (χ1) is 16.9. The van der Waals surface area contributed by atoms with E-state index in [1.54, 1.807) is 31.4 Å². The van der Waals surface area contributed by atoms with Crippen molar-refractivity contribution in [1.29, 1.82) is 0 Å². The molecule has 0 atom stereocenters. The molecular weight excluding hydrogens is 446 g/mol. The number of rotatable bonds is 8. The number of hydrogen-bond donors (Lipinski definition) is 1. The lowest BCUT2D eigenvalue weighted by Crippen LogP contribution is -2.50. The molecule has 0 radical (unpaired) electrons. The number of methoxy groups -OCH3 is 1. The Morgan fingerprint density at radius 2 is 1.77 bits per heavy atom. The maximum Gasteiger partial charge on any atom is 0.278 e. The average molecular weight is 478 g/mol. The largest absolute Gasteiger partial charge is 0.497 e. The van der Waals surface area contributed by atoms with Crippen LogP contribution in [0, 0.1) is 10.1 Å². The molecule has 1 N–H and O–H groups in total. The fourth-order valence-corrected chi connectivity index (χ4v) is 4.29. The molecule has 2 aromatic carbocycles. The van der Waals surface area contributed by atoms with E-state index in [0.717, 1.165) is 37.5 Å². The maximum absolute atomic E-state index is 13.7. The van der Waals surface area contributed by atoms with Crippen LogP contribution in [0.25, 0.3) is 22.5 Å². The molecule has 9 nitrogen and oxygen atoms in total. The number of piperazine rings is 1. The van der Waals surface area contributed by atoms with Crippen LogP contribution in [0.3, 0.4) is 0 Å². The number of nitro groups is 1. The van der Waals surface area contributed by atoms with Crippen molar-refractivity contribution in [3.8, 4) is 28.3 Å². The van der Waals surface area contributed by atoms with E-state index >= 15 is 0 Å². The molecule has 3 aromatic rings. The second-order valence-corrected chi connectivity index (χ2v) is 8.91. The van der Waals surface area contributed by atoms with Gasteiger partial charge in [0.25, 0.3) is 11.6 Å². The summed E-state index contributed by atoms with van der Waals surface area (Å²) in [6, 6.07) is 15.8. The number of para-hydroxylation sites is 1. The van der Waals surface area contributed by atoms with Crippen molar-refractivity contribution >= 4 is 11.6 Å². The SMILES string of the molecule is COc1ccc(-c2cc(C(=O)N3CCN(CCN(C)C)CC3)c(-c3ccccc3[N+](=O)[O-])[nH]2)cc1. The smallest absolute Gasteiger partial charge is 0.278 e. The number of nitrogens with one attached hydrogen (secondary N) is 1. The van der Waals surface area contributed by atoms with Crippen molar-refractivity contribution in [2.24, 2.45) is 0 Å². The Balaban J connectivity index is 1.67. The number of carbonyl (C=O) groups excluding carboxylic acids is 1. The van der Waals surface area contributed by atoms with Crippen LogP contribution in [-0.4, -0.2) is 91.0 Å². The molecule has 2 heterocycles. The van der Waals surface area contributed by atoms with Gasteiger partial charge in [0, 0.05) is 51.0 Å². The van der Waals surface area contributed by atoms with Gasteiger partial charge < -0.3 is 19.5 Å². The van der Waals surface area contributed by atoms with Crippen LogP contribution in [0.4, 0.5) is 5.69 Å². The van der Waals surface area contributed by atoms with Gasteiger partial charge in [0.05, 0.1) is 28.9 Å². The summed E-state index contributed by atoms with van der Waals surface area (Å²) < 4.78 is 5.25. The van der Waals surface area contributed by atoms with Gasteiger partial charge in [-0.25, -0.2) is 0 Å². The van der Waals surface area contributed by atoms with E-state index in [1.807, 2.05) is 29.2 Å². The Kier molecular flexibility index (Phi) is 7.48. The second kappa shape index (κ2) is 10.7. The van der Waals surface area contributed by atoms with E-state index in [9.17, 15) is 14.9 Å². The predicted molar refractivity (Wildman–Crippen MR) is 136 cm³/mol. The van der Waals surface area contributed by atoms with Crippen molar-refractivity contribution in [2.45, 2.75) is 0 Å². The zero-order valence-corrected chi connectivity index (χ0v) is 20.4. The topological polar surface area (TPSA) is 94.9 Å². The Morgan fingerprint density at radius 1 is 1.09 bits per heavy atom. The third-order valence-corrected chi connectivity index (χ3v) is 6.34. The summed E-state index contributed by atoms with van der Waals surface area (Å²) in [6.07, 6.45) is 0. The normalized spacial score (nSPS) is 14.3. The lowest BCUT2D eigenvalue weighted by atomic mass is 10.0. The third kappa shape index (κ3) is 5.52. The van der Waals surface area contributed by atoms with Gasteiger partial charge in [-0.15, -0.1) is 0 Å². The first kappa shape index (κ1) is 24.4. The number of aromatic nitrogens is 1. The molecule has 1 saturated heterocycles. The number of carbonyl (C=O) groups is 1. The standard InChI is InChI=1S/C26H31N5O4/c1-28(2)12-13-29-14-16-30(17-15-29)26(32)22-18-23(19-8-10-20(35-3)11-9-19)27-25(22)21-6-4-5-7-24(21)31(33)34/h4-11,18,27H,12-17H2,1-3H3. The molecule has 0 saturated carbocycles. The highest BCUT2D eigenvalue weighted by Crippen LogP contribution is 2.35. The Labute approximate surface area is 205 Å². The zero-order chi connectivity index (χ0) is 24.9. The van der Waals surface area contributed by atoms with Crippen LogP contribution in [0.15, 0.2) is 54.6 Å². The lowest BCUT2D eigenvalue weighted by molar-refractivity contribution is -0.384. The molecule has 0 bridgehead atoms. The van der Waals surface area contributed by atoms with Crippen molar-refractivity contribution in [1.82, 2.24) is 19.7 Å². The summed E-state index contributed by atoms with van der Waals surface area (Å²) in [7, 11) is 5.71. The van der Waals surface area contributed by atoms with Crippen LogP contribution >= 0.6 is 0 Å². The summed E-state index contributed by atoms with van der Waals surface area (Å²) in [5.74, 6) is 0.601. The van der Waals surface area contributed by atoms with Gasteiger partial charge in [0.2, 0.25) is 0 Å². The number of hydrogen-bond acceptors (Lipinski definition) is 6. The predicted octanol–water partition coefficient (Wildman–Crippen LogP) is 3.58. The Morgan fingerprint density at radius 3 is 2.40 bits per heavy atom. The molecule has 1 aliphatic heterocycles. The van der Waals surface area contributed by atoms with E-state index < -0.39 is 4.92 Å². The third-order valence-electron chi connectivity index (χ3n) is 6.34. The molecule has 184 valence electrons. The summed E-state index contributed by atoms with van der Waals surface area (Å²) in [4.78, 5) is 34.7. The van der Waals surface area contributed by atoms with Crippen molar-refractivity contribution in [3.05, 3.63) is 70.3 Å². The molecule has 4 rings (SSSR count). The van der Waals surface area contributed by atoms with E-state index in [4.69, 9.17) is 4.74 Å². The fraction of sp³-hybridized carbons (Fsp3) is 0.346. The number of H-pyrrole nitrogens is 1. The fourth-order valence-electron chi connectivity index (χ4n) is 4.29. The van der Waals surface area contributed by atoms with Gasteiger partial charge in [-0.05, 0) is 56.1 Å². The summed E-state index contributed by atoms with van der Waals surface area (Å²) in [6.45, 7) is 4.77. The van der Waals surface area contributed by atoms with Gasteiger partial charge in [-0.3, -0.25) is 19.8 Å². The average Bonchev–Trinajstić information content (AvgIpc) is 3.32. The van der Waals surface area contributed by atoms with Gasteiger partial charge >= 0.3 is 0 Å². The number of nitrogens with zero attached hydrogens (tertiary/aromatic N) is 4. The van der Waals surface area contributed by atoms with Crippen molar-refractivity contribution in [3.63, 3.8) is 0 Å². The molecular formula is C26H31N5O4. The van der Waals surface area contributed by atoms with Crippen molar-refractivity contribution < 1.29 is 14.5 Å². The molecule has 1 aromatic heterocycles. The molecule has 1 aliphatic rings. The van der Waals surface area contributed by atoms with E-state index in [0.29, 0.717) is 35.6 Å².